The predicted molar refractivity (Wildman–Crippen MR) is 93.2 cm³/mol. The van der Waals surface area contributed by atoms with Gasteiger partial charge in [0.05, 0.1) is 30.4 Å². The van der Waals surface area contributed by atoms with E-state index in [0.717, 1.165) is 5.56 Å². The van der Waals surface area contributed by atoms with Crippen molar-refractivity contribution in [3.8, 4) is 6.07 Å². The summed E-state index contributed by atoms with van der Waals surface area (Å²) in [6, 6.07) is 9.63. The van der Waals surface area contributed by atoms with Gasteiger partial charge in [-0.2, -0.15) is 5.26 Å². The van der Waals surface area contributed by atoms with Crippen molar-refractivity contribution in [1.29, 1.82) is 5.26 Å². The molecule has 2 rings (SSSR count). The van der Waals surface area contributed by atoms with Gasteiger partial charge in [-0.25, -0.2) is 0 Å². The van der Waals surface area contributed by atoms with Gasteiger partial charge in [0.1, 0.15) is 0 Å². The Kier molecular flexibility index (Phi) is 6.53. The van der Waals surface area contributed by atoms with E-state index in [9.17, 15) is 4.79 Å². The SMILES string of the molecule is C=CCN(CC(=O)N1C[C@@H](C)O[C@@H](C)C1)Cc1cccc(C#N)c1. The zero-order chi connectivity index (χ0) is 17.5. The highest BCUT2D eigenvalue weighted by molar-refractivity contribution is 5.78. The Hall–Kier alpha value is -2.16. The molecule has 1 heterocycles. The normalized spacial score (nSPS) is 20.7. The average Bonchev–Trinajstić information content (AvgIpc) is 2.54. The molecule has 128 valence electrons. The second-order valence-electron chi connectivity index (χ2n) is 6.33. The molecule has 0 N–H and O–H groups in total. The van der Waals surface area contributed by atoms with Gasteiger partial charge >= 0.3 is 0 Å². The van der Waals surface area contributed by atoms with Crippen molar-refractivity contribution >= 4 is 5.91 Å². The Morgan fingerprint density at radius 3 is 2.79 bits per heavy atom. The number of ether oxygens (including phenoxy) is 1. The van der Waals surface area contributed by atoms with E-state index >= 15 is 0 Å². The van der Waals surface area contributed by atoms with Crippen LogP contribution in [0.25, 0.3) is 0 Å². The number of hydrogen-bond donors (Lipinski definition) is 0. The number of nitrogens with zero attached hydrogens (tertiary/aromatic N) is 3. The molecule has 0 spiro atoms. The average molecular weight is 327 g/mol. The van der Waals surface area contributed by atoms with Crippen molar-refractivity contribution in [2.75, 3.05) is 26.2 Å². The molecule has 0 saturated carbocycles. The van der Waals surface area contributed by atoms with Crippen LogP contribution >= 0.6 is 0 Å². The number of hydrogen-bond acceptors (Lipinski definition) is 4. The molecule has 1 aromatic rings. The summed E-state index contributed by atoms with van der Waals surface area (Å²) in [7, 11) is 0. The van der Waals surface area contributed by atoms with E-state index < -0.39 is 0 Å². The number of benzene rings is 1. The fourth-order valence-corrected chi connectivity index (χ4v) is 3.04. The Bertz CT molecular complexity index is 613. The molecule has 5 heteroatoms. The molecule has 0 bridgehead atoms. The third-order valence-corrected chi connectivity index (χ3v) is 3.98. The molecule has 1 aliphatic rings. The van der Waals surface area contributed by atoms with E-state index in [2.05, 4.69) is 12.6 Å². The summed E-state index contributed by atoms with van der Waals surface area (Å²) in [5.74, 6) is 0.107. The van der Waals surface area contributed by atoms with E-state index in [1.807, 2.05) is 41.8 Å². The maximum absolute atomic E-state index is 12.6. The number of rotatable bonds is 6. The molecule has 1 saturated heterocycles. The first kappa shape index (κ1) is 18.2. The lowest BCUT2D eigenvalue weighted by molar-refractivity contribution is -0.144. The molecular formula is C19H25N3O2. The molecule has 24 heavy (non-hydrogen) atoms. The molecule has 1 aromatic carbocycles. The first-order valence-electron chi connectivity index (χ1n) is 8.27. The van der Waals surface area contributed by atoms with Crippen molar-refractivity contribution in [3.63, 3.8) is 0 Å². The minimum atomic E-state index is 0.0675. The van der Waals surface area contributed by atoms with Crippen LogP contribution in [-0.4, -0.2) is 54.1 Å². The number of amides is 1. The molecule has 1 amide bonds. The summed E-state index contributed by atoms with van der Waals surface area (Å²) in [5, 5.41) is 9.01. The van der Waals surface area contributed by atoms with Gasteiger partial charge in [-0.3, -0.25) is 9.69 Å². The minimum Gasteiger partial charge on any atom is -0.372 e. The first-order chi connectivity index (χ1) is 11.5. The lowest BCUT2D eigenvalue weighted by atomic mass is 10.1. The van der Waals surface area contributed by atoms with Gasteiger partial charge in [-0.1, -0.05) is 18.2 Å². The van der Waals surface area contributed by atoms with Gasteiger partial charge in [0.25, 0.3) is 0 Å². The maximum Gasteiger partial charge on any atom is 0.236 e. The molecular weight excluding hydrogens is 302 g/mol. The molecule has 1 aliphatic heterocycles. The van der Waals surface area contributed by atoms with Crippen LogP contribution in [0.1, 0.15) is 25.0 Å². The smallest absolute Gasteiger partial charge is 0.236 e. The number of carbonyl (C=O) groups is 1. The number of carbonyl (C=O) groups excluding carboxylic acids is 1. The van der Waals surface area contributed by atoms with E-state index in [1.54, 1.807) is 12.1 Å². The van der Waals surface area contributed by atoms with Crippen LogP contribution in [0.15, 0.2) is 36.9 Å². The molecule has 2 atom stereocenters. The van der Waals surface area contributed by atoms with E-state index in [0.29, 0.717) is 38.3 Å². The quantitative estimate of drug-likeness (QED) is 0.752. The topological polar surface area (TPSA) is 56.6 Å². The Labute approximate surface area is 144 Å². The van der Waals surface area contributed by atoms with Gasteiger partial charge in [-0.05, 0) is 31.5 Å². The molecule has 1 fully saturated rings. The molecule has 0 aliphatic carbocycles. The highest BCUT2D eigenvalue weighted by Crippen LogP contribution is 2.13. The lowest BCUT2D eigenvalue weighted by Crippen LogP contribution is -2.51. The predicted octanol–water partition coefficient (Wildman–Crippen LogP) is 2.18. The summed E-state index contributed by atoms with van der Waals surface area (Å²) >= 11 is 0. The lowest BCUT2D eigenvalue weighted by Gasteiger charge is -2.36. The third kappa shape index (κ3) is 5.19. The van der Waals surface area contributed by atoms with Gasteiger partial charge in [0.2, 0.25) is 5.91 Å². The highest BCUT2D eigenvalue weighted by Gasteiger charge is 2.26. The molecule has 0 radical (unpaired) electrons. The van der Waals surface area contributed by atoms with E-state index in [-0.39, 0.29) is 18.1 Å². The van der Waals surface area contributed by atoms with Crippen molar-refractivity contribution < 1.29 is 9.53 Å². The fraction of sp³-hybridized carbons (Fsp3) is 0.474. The van der Waals surface area contributed by atoms with Crippen LogP contribution in [0.5, 0.6) is 0 Å². The Morgan fingerprint density at radius 1 is 1.46 bits per heavy atom. The Morgan fingerprint density at radius 2 is 2.17 bits per heavy atom. The first-order valence-corrected chi connectivity index (χ1v) is 8.27. The van der Waals surface area contributed by atoms with Gasteiger partial charge in [0, 0.05) is 26.2 Å². The maximum atomic E-state index is 12.6. The Balaban J connectivity index is 2.00. The second kappa shape index (κ2) is 8.62. The van der Waals surface area contributed by atoms with Crippen molar-refractivity contribution in [3.05, 3.63) is 48.0 Å². The summed E-state index contributed by atoms with van der Waals surface area (Å²) in [4.78, 5) is 16.5. The molecule has 5 nitrogen and oxygen atoms in total. The van der Waals surface area contributed by atoms with Crippen LogP contribution in [0.3, 0.4) is 0 Å². The van der Waals surface area contributed by atoms with Crippen molar-refractivity contribution in [2.24, 2.45) is 0 Å². The highest BCUT2D eigenvalue weighted by atomic mass is 16.5. The van der Waals surface area contributed by atoms with Crippen LogP contribution in [0, 0.1) is 11.3 Å². The molecule has 0 aromatic heterocycles. The van der Waals surface area contributed by atoms with Gasteiger partial charge < -0.3 is 9.64 Å². The fourth-order valence-electron chi connectivity index (χ4n) is 3.04. The second-order valence-corrected chi connectivity index (χ2v) is 6.33. The zero-order valence-corrected chi connectivity index (χ0v) is 14.4. The zero-order valence-electron chi connectivity index (χ0n) is 14.4. The largest absolute Gasteiger partial charge is 0.372 e. The van der Waals surface area contributed by atoms with E-state index in [4.69, 9.17) is 10.00 Å². The van der Waals surface area contributed by atoms with Crippen LogP contribution in [0.4, 0.5) is 0 Å². The van der Waals surface area contributed by atoms with Gasteiger partial charge in [-0.15, -0.1) is 6.58 Å². The third-order valence-electron chi connectivity index (χ3n) is 3.98. The minimum absolute atomic E-state index is 0.0675. The summed E-state index contributed by atoms with van der Waals surface area (Å²) in [6.07, 6.45) is 1.93. The van der Waals surface area contributed by atoms with E-state index in [1.165, 1.54) is 0 Å². The summed E-state index contributed by atoms with van der Waals surface area (Å²) < 4.78 is 5.69. The van der Waals surface area contributed by atoms with Gasteiger partial charge in [0.15, 0.2) is 0 Å². The van der Waals surface area contributed by atoms with Crippen LogP contribution in [0.2, 0.25) is 0 Å². The monoisotopic (exact) mass is 327 g/mol. The standard InChI is InChI=1S/C19H25N3O2/c1-4-8-21(13-18-7-5-6-17(9-18)10-20)14-19(23)22-11-15(2)24-16(3)12-22/h4-7,9,15-16H,1,8,11-14H2,2-3H3/t15-,16+. The van der Waals surface area contributed by atoms with Crippen molar-refractivity contribution in [1.82, 2.24) is 9.80 Å². The van der Waals surface area contributed by atoms with Crippen molar-refractivity contribution in [2.45, 2.75) is 32.6 Å². The number of morpholine rings is 1. The number of nitriles is 1. The van der Waals surface area contributed by atoms with Crippen LogP contribution in [-0.2, 0) is 16.1 Å². The van der Waals surface area contributed by atoms with Crippen LogP contribution < -0.4 is 0 Å². The summed E-state index contributed by atoms with van der Waals surface area (Å²) in [5.41, 5.74) is 1.65. The summed E-state index contributed by atoms with van der Waals surface area (Å²) in [6.45, 7) is 10.6. The molecule has 0 unspecified atom stereocenters.